The molecule has 4 aromatic heterocycles. The van der Waals surface area contributed by atoms with Crippen molar-refractivity contribution in [3.05, 3.63) is 121 Å². The summed E-state index contributed by atoms with van der Waals surface area (Å²) in [5.74, 6) is 0.697. The van der Waals surface area contributed by atoms with Gasteiger partial charge in [0.05, 0.1) is 39.7 Å². The minimum atomic E-state index is -0.783. The summed E-state index contributed by atoms with van der Waals surface area (Å²) in [6.07, 6.45) is 3.58. The van der Waals surface area contributed by atoms with Crippen molar-refractivity contribution in [2.45, 2.75) is 58.4 Å². The highest BCUT2D eigenvalue weighted by atomic mass is 35.5. The fraction of sp³-hybridized carbons (Fsp3) is 0.268. The quantitative estimate of drug-likeness (QED) is 0.0671. The molecule has 7 rings (SSSR count). The van der Waals surface area contributed by atoms with E-state index in [0.29, 0.717) is 59.0 Å². The van der Waals surface area contributed by atoms with Crippen LogP contribution in [0.3, 0.4) is 0 Å². The largest absolute Gasteiger partial charge is 0.507 e. The summed E-state index contributed by atoms with van der Waals surface area (Å²) in [5, 5.41) is 39.0. The number of halogens is 1. The molecule has 0 atom stereocenters. The molecule has 290 valence electrons. The molecule has 4 heterocycles. The second-order valence-corrected chi connectivity index (χ2v) is 13.4. The van der Waals surface area contributed by atoms with Crippen LogP contribution in [0.25, 0.3) is 33.0 Å². The summed E-state index contributed by atoms with van der Waals surface area (Å²) in [6.45, 7) is 2.64. The van der Waals surface area contributed by atoms with E-state index in [2.05, 4.69) is 17.3 Å². The van der Waals surface area contributed by atoms with Crippen LogP contribution >= 0.6 is 11.6 Å². The minimum absolute atomic E-state index is 0.114. The number of anilines is 1. The van der Waals surface area contributed by atoms with Crippen molar-refractivity contribution < 1.29 is 33.7 Å². The third-order valence-electron chi connectivity index (χ3n) is 9.11. The van der Waals surface area contributed by atoms with Crippen LogP contribution in [0.15, 0.2) is 85.2 Å². The Labute approximate surface area is 325 Å². The van der Waals surface area contributed by atoms with Crippen molar-refractivity contribution in [1.82, 2.24) is 19.7 Å². The molecule has 0 saturated heterocycles. The molecular weight excluding hydrogens is 742 g/mol. The fourth-order valence-electron chi connectivity index (χ4n) is 6.33. The molecule has 56 heavy (non-hydrogen) atoms. The number of aliphatic carboxylic acids is 1. The number of aromatic nitrogens is 4. The summed E-state index contributed by atoms with van der Waals surface area (Å²) in [6, 6.07) is 18.7. The molecule has 0 saturated carbocycles. The van der Waals surface area contributed by atoms with E-state index in [0.717, 1.165) is 35.1 Å². The Morgan fingerprint density at radius 3 is 2.09 bits per heavy atom. The van der Waals surface area contributed by atoms with Gasteiger partial charge in [0.15, 0.2) is 5.82 Å². The zero-order chi connectivity index (χ0) is 39.9. The molecule has 0 aliphatic carbocycles. The number of aromatic hydroxyl groups is 2. The lowest BCUT2D eigenvalue weighted by Crippen LogP contribution is -2.14. The highest BCUT2D eigenvalue weighted by Gasteiger charge is 2.21. The Bertz CT molecular complexity index is 2570. The van der Waals surface area contributed by atoms with Gasteiger partial charge in [-0.25, -0.2) is 19.6 Å². The lowest BCUT2D eigenvalue weighted by Gasteiger charge is -2.11. The molecule has 14 nitrogen and oxygen atoms in total. The van der Waals surface area contributed by atoms with Gasteiger partial charge in [0.2, 0.25) is 0 Å². The van der Waals surface area contributed by atoms with E-state index in [1.54, 1.807) is 55.6 Å². The van der Waals surface area contributed by atoms with Crippen LogP contribution < -0.4 is 21.3 Å². The van der Waals surface area contributed by atoms with Gasteiger partial charge >= 0.3 is 17.2 Å². The van der Waals surface area contributed by atoms with Gasteiger partial charge in [-0.1, -0.05) is 55.3 Å². The average Bonchev–Trinajstić information content (AvgIpc) is 3.50. The van der Waals surface area contributed by atoms with Gasteiger partial charge in [-0.05, 0) is 61.2 Å². The molecule has 3 aromatic carbocycles. The van der Waals surface area contributed by atoms with Gasteiger partial charge in [0, 0.05) is 32.9 Å². The first kappa shape index (κ1) is 39.3. The van der Waals surface area contributed by atoms with Crippen LogP contribution in [-0.4, -0.2) is 48.1 Å². The zero-order valence-corrected chi connectivity index (χ0v) is 31.7. The molecule has 0 aliphatic rings. The summed E-state index contributed by atoms with van der Waals surface area (Å²) >= 11 is 6.25. The normalized spacial score (nSPS) is 11.1. The van der Waals surface area contributed by atoms with Crippen LogP contribution in [0.1, 0.15) is 60.8 Å². The van der Waals surface area contributed by atoms with Crippen molar-refractivity contribution in [3.63, 3.8) is 0 Å². The SMILES string of the molecule is CCCc1nn(C)c2c(NCc3ccc(OC)c(Cl)c3)nc(CCCCC(=O)O)nc12.O=c1oc2ccccc2c(O)c1Cc1c(O)c2ccccc2oc1=O. The molecule has 7 aromatic rings. The second-order valence-electron chi connectivity index (χ2n) is 13.0. The third kappa shape index (κ3) is 8.60. The average molecular weight is 782 g/mol. The topological polar surface area (TPSA) is 203 Å². The van der Waals surface area contributed by atoms with E-state index >= 15 is 0 Å². The van der Waals surface area contributed by atoms with E-state index in [1.165, 1.54) is 0 Å². The summed E-state index contributed by atoms with van der Waals surface area (Å²) < 4.78 is 17.4. The highest BCUT2D eigenvalue weighted by molar-refractivity contribution is 6.32. The number of carboxylic acid groups (broad SMARTS) is 1. The number of hydrogen-bond acceptors (Lipinski definition) is 12. The predicted molar refractivity (Wildman–Crippen MR) is 212 cm³/mol. The number of methoxy groups -OCH3 is 1. The van der Waals surface area contributed by atoms with Gasteiger partial charge < -0.3 is 34.2 Å². The Hall–Kier alpha value is -6.41. The number of rotatable bonds is 13. The first-order chi connectivity index (χ1) is 27.0. The zero-order valence-electron chi connectivity index (χ0n) is 31.0. The first-order valence-corrected chi connectivity index (χ1v) is 18.3. The van der Waals surface area contributed by atoms with Crippen molar-refractivity contribution in [2.24, 2.45) is 7.05 Å². The second kappa shape index (κ2) is 17.4. The molecule has 0 amide bonds. The number of benzene rings is 3. The number of fused-ring (bicyclic) bond motifs is 3. The number of para-hydroxylation sites is 2. The molecule has 0 spiro atoms. The lowest BCUT2D eigenvalue weighted by atomic mass is 10.0. The number of aryl methyl sites for hydroxylation is 3. The van der Waals surface area contributed by atoms with E-state index in [9.17, 15) is 24.6 Å². The van der Waals surface area contributed by atoms with Crippen molar-refractivity contribution >= 4 is 56.4 Å². The maximum Gasteiger partial charge on any atom is 0.343 e. The van der Waals surface area contributed by atoms with E-state index in [4.69, 9.17) is 40.2 Å². The molecule has 0 fully saturated rings. The van der Waals surface area contributed by atoms with Crippen LogP contribution in [-0.2, 0) is 37.6 Å². The van der Waals surface area contributed by atoms with Crippen LogP contribution in [0.2, 0.25) is 5.02 Å². The number of carboxylic acids is 1. The standard InChI is InChI=1S/C22H28ClN5O3.C19H12O6/c1-4-7-16-20-21(28(2)27-16)22(26-18(25-20)8-5-6-9-19(29)30)24-13-14-10-11-17(31-3)15(23)12-14;20-16-10-5-1-3-7-14(10)24-18(22)12(16)9-13-17(21)11-6-2-4-8-15(11)25-19(13)23/h10-12H,4-9,13H2,1-3H3,(H,29,30)(H,24,25,26);1-8,20-21H,9H2. The molecule has 0 bridgehead atoms. The van der Waals surface area contributed by atoms with Crippen LogP contribution in [0.4, 0.5) is 5.82 Å². The first-order valence-electron chi connectivity index (χ1n) is 18.0. The Kier molecular flexibility index (Phi) is 12.2. The lowest BCUT2D eigenvalue weighted by molar-refractivity contribution is -0.137. The Morgan fingerprint density at radius 1 is 0.893 bits per heavy atom. The smallest absolute Gasteiger partial charge is 0.343 e. The molecule has 0 radical (unpaired) electrons. The number of nitrogens with one attached hydrogen (secondary N) is 1. The molecule has 0 aliphatic heterocycles. The van der Waals surface area contributed by atoms with Gasteiger partial charge in [0.1, 0.15) is 45.3 Å². The maximum atomic E-state index is 12.2. The number of hydrogen-bond donors (Lipinski definition) is 4. The van der Waals surface area contributed by atoms with Crippen molar-refractivity contribution in [2.75, 3.05) is 12.4 Å². The number of unbranched alkanes of at least 4 members (excludes halogenated alkanes) is 1. The molecule has 0 unspecified atom stereocenters. The van der Waals surface area contributed by atoms with Gasteiger partial charge in [-0.3, -0.25) is 9.48 Å². The van der Waals surface area contributed by atoms with Gasteiger partial charge in [-0.15, -0.1) is 0 Å². The number of carbonyl (C=O) groups is 1. The molecular formula is C41H40ClN5O9. The third-order valence-corrected chi connectivity index (χ3v) is 9.41. The summed E-state index contributed by atoms with van der Waals surface area (Å²) in [7, 11) is 3.48. The monoisotopic (exact) mass is 781 g/mol. The van der Waals surface area contributed by atoms with E-state index in [1.807, 2.05) is 29.9 Å². The summed E-state index contributed by atoms with van der Waals surface area (Å²) in [4.78, 5) is 44.7. The van der Waals surface area contributed by atoms with Crippen molar-refractivity contribution in [3.8, 4) is 17.2 Å². The Balaban J connectivity index is 0.000000194. The minimum Gasteiger partial charge on any atom is -0.507 e. The number of nitrogens with zero attached hydrogens (tertiary/aromatic N) is 4. The van der Waals surface area contributed by atoms with Crippen LogP contribution in [0.5, 0.6) is 17.2 Å². The fourth-order valence-corrected chi connectivity index (χ4v) is 6.61. The summed E-state index contributed by atoms with van der Waals surface area (Å²) in [5.41, 5.74) is 2.35. The maximum absolute atomic E-state index is 12.2. The molecule has 4 N–H and O–H groups in total. The van der Waals surface area contributed by atoms with E-state index in [-0.39, 0.29) is 46.6 Å². The number of ether oxygens (including phenoxy) is 1. The van der Waals surface area contributed by atoms with Crippen LogP contribution in [0, 0.1) is 0 Å². The van der Waals surface area contributed by atoms with E-state index < -0.39 is 17.2 Å². The predicted octanol–water partition coefficient (Wildman–Crippen LogP) is 7.29. The van der Waals surface area contributed by atoms with Gasteiger partial charge in [-0.2, -0.15) is 5.10 Å². The van der Waals surface area contributed by atoms with Gasteiger partial charge in [0.25, 0.3) is 0 Å². The highest BCUT2D eigenvalue weighted by Crippen LogP contribution is 2.32. The Morgan fingerprint density at radius 2 is 1.52 bits per heavy atom. The molecule has 15 heteroatoms. The van der Waals surface area contributed by atoms with Crippen molar-refractivity contribution in [1.29, 1.82) is 0 Å².